The van der Waals surface area contributed by atoms with Crippen molar-refractivity contribution < 1.29 is 52.6 Å². The summed E-state index contributed by atoms with van der Waals surface area (Å²) in [6, 6.07) is 5.60. The van der Waals surface area contributed by atoms with E-state index in [1.807, 2.05) is 20.9 Å². The Balaban J connectivity index is 1.34. The Bertz CT molecular complexity index is 2280. The molecule has 1 unspecified atom stereocenters. The normalized spacial score (nSPS) is 28.0. The number of rotatable bonds is 6. The highest BCUT2D eigenvalue weighted by molar-refractivity contribution is 7.99. The van der Waals surface area contributed by atoms with Crippen molar-refractivity contribution in [3.63, 3.8) is 0 Å². The fourth-order valence-corrected chi connectivity index (χ4v) is 12.1. The van der Waals surface area contributed by atoms with Crippen molar-refractivity contribution in [3.05, 3.63) is 62.7 Å². The first-order valence-corrected chi connectivity index (χ1v) is 20.3. The summed E-state index contributed by atoms with van der Waals surface area (Å²) in [5.74, 6) is 1.79. The van der Waals surface area contributed by atoms with E-state index in [0.29, 0.717) is 64.8 Å². The first kappa shape index (κ1) is 38.6. The molecule has 2 fully saturated rings. The van der Waals surface area contributed by atoms with Crippen LogP contribution in [0.5, 0.6) is 40.2 Å². The zero-order valence-corrected chi connectivity index (χ0v) is 34.2. The van der Waals surface area contributed by atoms with E-state index in [2.05, 4.69) is 27.3 Å². The Labute approximate surface area is 340 Å². The third-order valence-electron chi connectivity index (χ3n) is 12.7. The molecular weight excluding hydrogens is 769 g/mol. The molecule has 0 saturated carbocycles. The molecule has 7 aliphatic rings. The van der Waals surface area contributed by atoms with Crippen LogP contribution in [0.3, 0.4) is 0 Å². The van der Waals surface area contributed by atoms with Crippen LogP contribution in [-0.4, -0.2) is 106 Å². The first-order valence-electron chi connectivity index (χ1n) is 19.3. The number of phenolic OH excluding ortho intramolecular Hbond substituents is 1. The molecule has 7 atom stereocenters. The summed E-state index contributed by atoms with van der Waals surface area (Å²) in [6.07, 6.45) is 1.11. The minimum atomic E-state index is -1.36. The number of nitrogens with one attached hydrogen (secondary N) is 1. The molecule has 0 aromatic heterocycles. The predicted molar refractivity (Wildman–Crippen MR) is 209 cm³/mol. The highest BCUT2D eigenvalue weighted by atomic mass is 32.2. The predicted octanol–water partition coefficient (Wildman–Crippen LogP) is 4.26. The number of thioether (sulfide) groups is 1. The number of aromatic hydroxyl groups is 1. The van der Waals surface area contributed by atoms with Crippen molar-refractivity contribution in [2.45, 2.75) is 74.6 Å². The molecule has 4 bridgehead atoms. The lowest BCUT2D eigenvalue weighted by molar-refractivity contribution is -0.157. The fourth-order valence-electron chi connectivity index (χ4n) is 10.4. The summed E-state index contributed by atoms with van der Waals surface area (Å²) in [4.78, 5) is 32.4. The number of hydrogen-bond acceptors (Lipinski definition) is 16. The summed E-state index contributed by atoms with van der Waals surface area (Å²) in [6.45, 7) is 5.40. The molecule has 0 radical (unpaired) electrons. The maximum absolute atomic E-state index is 14.9. The Morgan fingerprint density at radius 1 is 1.05 bits per heavy atom. The Morgan fingerprint density at radius 3 is 2.57 bits per heavy atom. The molecule has 2 N–H and O–H groups in total. The number of phenols is 1. The van der Waals surface area contributed by atoms with Gasteiger partial charge < -0.3 is 43.0 Å². The lowest BCUT2D eigenvalue weighted by Gasteiger charge is -2.62. The van der Waals surface area contributed by atoms with Crippen molar-refractivity contribution in [3.8, 4) is 46.3 Å². The number of benzene rings is 3. The van der Waals surface area contributed by atoms with Gasteiger partial charge in [0.15, 0.2) is 46.8 Å². The van der Waals surface area contributed by atoms with Crippen molar-refractivity contribution in [1.82, 2.24) is 15.1 Å². The number of methoxy groups -OCH3 is 3. The third-order valence-corrected chi connectivity index (χ3v) is 14.2. The molecule has 2 saturated heterocycles. The van der Waals surface area contributed by atoms with Crippen molar-refractivity contribution in [1.29, 1.82) is 5.26 Å². The van der Waals surface area contributed by atoms with Gasteiger partial charge in [-0.1, -0.05) is 6.07 Å². The van der Waals surface area contributed by atoms with E-state index < -0.39 is 46.9 Å². The summed E-state index contributed by atoms with van der Waals surface area (Å²) >= 11 is 1.51. The molecule has 0 aliphatic carbocycles. The molecule has 1 spiro atoms. The molecule has 3 aromatic rings. The molecule has 16 heteroatoms. The quantitative estimate of drug-likeness (QED) is 0.205. The van der Waals surface area contributed by atoms with Gasteiger partial charge in [-0.25, -0.2) is 4.79 Å². The number of aryl methyl sites for hydroxylation is 1. The standard InChI is InChI=1S/C42H46N4O11S/c1-19-10-23-11-25-26(14-43)46-27-15-53-41(49)42(24-13-29(51-6)28(48)12-22(24)8-9-44-42)16-58-40(32-31(27)39-37(55-18-56-39)20(2)36(32)57-21(3)47)34(46)33(45(25)4)30(23)38(35(19)52-7)54-17-50-5/h10,12-13,25-27,33-34,40,44,48H,8-9,11,15-18H2,1-7H3/t25-,26-,27-,33+,34?,40+,42+/m0/s1. The molecule has 58 heavy (non-hydrogen) atoms. The van der Waals surface area contributed by atoms with Crippen LogP contribution in [0.15, 0.2) is 18.2 Å². The van der Waals surface area contributed by atoms with Gasteiger partial charge in [0.05, 0.1) is 37.6 Å². The van der Waals surface area contributed by atoms with E-state index in [9.17, 15) is 20.0 Å². The van der Waals surface area contributed by atoms with Crippen LogP contribution >= 0.6 is 11.8 Å². The number of hydrogen-bond donors (Lipinski definition) is 2. The summed E-state index contributed by atoms with van der Waals surface area (Å²) < 4.78 is 48.5. The van der Waals surface area contributed by atoms with Gasteiger partial charge >= 0.3 is 11.9 Å². The van der Waals surface area contributed by atoms with Crippen LogP contribution < -0.4 is 33.7 Å². The first-order chi connectivity index (χ1) is 28.0. The maximum atomic E-state index is 14.9. The average molecular weight is 815 g/mol. The van der Waals surface area contributed by atoms with Crippen molar-refractivity contribution >= 4 is 23.7 Å². The SMILES string of the molecule is COCOc1c(OC)c(C)cc2c1[C@@H]1C3[C@@H]4SC[C@]5(NCCc6cc(O)c(OC)cc65)C(=O)OC[C@@H](c5c6c(c(C)c(OC(C)=O)c54)OCO6)N3[C@@H](C#N)[C@H](C2)N1C. The highest BCUT2D eigenvalue weighted by Gasteiger charge is 2.62. The van der Waals surface area contributed by atoms with E-state index in [-0.39, 0.29) is 43.5 Å². The lowest BCUT2D eigenvalue weighted by Crippen LogP contribution is -2.69. The van der Waals surface area contributed by atoms with Crippen LogP contribution in [0.25, 0.3) is 0 Å². The number of fused-ring (bicyclic) bond motifs is 9. The van der Waals surface area contributed by atoms with Crippen molar-refractivity contribution in [2.75, 3.05) is 60.9 Å². The van der Waals surface area contributed by atoms with Gasteiger partial charge in [0.2, 0.25) is 6.79 Å². The molecule has 7 heterocycles. The van der Waals surface area contributed by atoms with Gasteiger partial charge in [-0.15, -0.1) is 11.8 Å². The minimum Gasteiger partial charge on any atom is -0.504 e. The molecule has 7 aliphatic heterocycles. The van der Waals surface area contributed by atoms with Crippen LogP contribution in [0.1, 0.15) is 68.8 Å². The smallest absolute Gasteiger partial charge is 0.331 e. The summed E-state index contributed by atoms with van der Waals surface area (Å²) in [7, 11) is 6.70. The second-order valence-corrected chi connectivity index (χ2v) is 16.8. The molecular formula is C42H46N4O11S. The topological polar surface area (TPSA) is 171 Å². The Kier molecular flexibility index (Phi) is 9.59. The number of carbonyl (C=O) groups is 2. The van der Waals surface area contributed by atoms with E-state index >= 15 is 0 Å². The number of nitriles is 1. The third kappa shape index (κ3) is 5.47. The fraction of sp³-hybridized carbons (Fsp3) is 0.500. The Hall–Kier alpha value is -4.92. The van der Waals surface area contributed by atoms with E-state index in [4.69, 9.17) is 37.9 Å². The van der Waals surface area contributed by atoms with Crippen LogP contribution in [0.2, 0.25) is 0 Å². The summed E-state index contributed by atoms with van der Waals surface area (Å²) in [5.41, 5.74) is 4.92. The lowest BCUT2D eigenvalue weighted by atomic mass is 9.71. The van der Waals surface area contributed by atoms with E-state index in [1.54, 1.807) is 26.4 Å². The molecule has 306 valence electrons. The number of ether oxygens (including phenoxy) is 8. The van der Waals surface area contributed by atoms with Gasteiger partial charge in [0.25, 0.3) is 0 Å². The maximum Gasteiger partial charge on any atom is 0.331 e. The molecule has 3 aromatic carbocycles. The largest absolute Gasteiger partial charge is 0.504 e. The van der Waals surface area contributed by atoms with Crippen LogP contribution in [0, 0.1) is 25.2 Å². The number of nitrogens with zero attached hydrogens (tertiary/aromatic N) is 3. The van der Waals surface area contributed by atoms with Gasteiger partial charge in [-0.2, -0.15) is 5.26 Å². The number of esters is 2. The zero-order valence-electron chi connectivity index (χ0n) is 33.4. The van der Waals surface area contributed by atoms with Gasteiger partial charge in [0.1, 0.15) is 18.4 Å². The Morgan fingerprint density at radius 2 is 1.84 bits per heavy atom. The minimum absolute atomic E-state index is 0.0177. The number of piperazine rings is 1. The average Bonchev–Trinajstić information content (AvgIpc) is 3.70. The monoisotopic (exact) mass is 814 g/mol. The summed E-state index contributed by atoms with van der Waals surface area (Å²) in [5, 5.41) is 25.0. The second kappa shape index (κ2) is 14.4. The van der Waals surface area contributed by atoms with E-state index in [1.165, 1.54) is 25.8 Å². The zero-order chi connectivity index (χ0) is 40.8. The van der Waals surface area contributed by atoms with Crippen molar-refractivity contribution in [2.24, 2.45) is 0 Å². The molecule has 15 nitrogen and oxygen atoms in total. The molecule has 10 rings (SSSR count). The van der Waals surface area contributed by atoms with Gasteiger partial charge in [0, 0.05) is 60.7 Å². The van der Waals surface area contributed by atoms with Gasteiger partial charge in [-0.3, -0.25) is 19.9 Å². The van der Waals surface area contributed by atoms with Crippen LogP contribution in [-0.2, 0) is 37.4 Å². The van der Waals surface area contributed by atoms with Gasteiger partial charge in [-0.05, 0) is 68.1 Å². The van der Waals surface area contributed by atoms with Crippen LogP contribution in [0.4, 0.5) is 0 Å². The van der Waals surface area contributed by atoms with E-state index in [0.717, 1.165) is 27.8 Å². The number of likely N-dealkylation sites (N-methyl/N-ethyl adjacent to an activating group) is 1. The highest BCUT2D eigenvalue weighted by Crippen LogP contribution is 2.64. The molecule has 0 amide bonds. The number of carbonyl (C=O) groups excluding carboxylic acids is 2. The second-order valence-electron chi connectivity index (χ2n) is 15.6.